The molecular weight excluding hydrogens is 330 g/mol. The number of nitrogens with zero attached hydrogens (tertiary/aromatic N) is 3. The molecular formula is C20H21N3OS. The van der Waals surface area contributed by atoms with Crippen molar-refractivity contribution < 1.29 is 4.79 Å². The Bertz CT molecular complexity index is 831. The lowest BCUT2D eigenvalue weighted by atomic mass is 10.2. The Kier molecular flexibility index (Phi) is 5.56. The van der Waals surface area contributed by atoms with Gasteiger partial charge < -0.3 is 4.90 Å². The van der Waals surface area contributed by atoms with Gasteiger partial charge in [-0.15, -0.1) is 11.3 Å². The first kappa shape index (κ1) is 17.3. The fourth-order valence-electron chi connectivity index (χ4n) is 2.64. The van der Waals surface area contributed by atoms with Gasteiger partial charge in [0, 0.05) is 31.9 Å². The number of carbonyl (C=O) groups is 1. The predicted molar refractivity (Wildman–Crippen MR) is 101 cm³/mol. The summed E-state index contributed by atoms with van der Waals surface area (Å²) < 4.78 is 0. The third-order valence-corrected chi connectivity index (χ3v) is 5.17. The zero-order valence-corrected chi connectivity index (χ0v) is 15.3. The SMILES string of the molecule is Cc1nc(CCc2ccccn2)sc1C(=O)N(C)Cc1ccccc1. The third kappa shape index (κ3) is 4.51. The minimum atomic E-state index is 0.0305. The van der Waals surface area contributed by atoms with Gasteiger partial charge in [-0.2, -0.15) is 0 Å². The van der Waals surface area contributed by atoms with Crippen LogP contribution in [-0.2, 0) is 19.4 Å². The van der Waals surface area contributed by atoms with E-state index in [2.05, 4.69) is 9.97 Å². The van der Waals surface area contributed by atoms with Crippen LogP contribution in [0.1, 0.15) is 31.6 Å². The summed E-state index contributed by atoms with van der Waals surface area (Å²) in [5, 5.41) is 0.986. The first-order valence-corrected chi connectivity index (χ1v) is 9.10. The summed E-state index contributed by atoms with van der Waals surface area (Å²) in [7, 11) is 1.84. The van der Waals surface area contributed by atoms with Gasteiger partial charge in [0.25, 0.3) is 5.91 Å². The van der Waals surface area contributed by atoms with Crippen LogP contribution in [0.2, 0.25) is 0 Å². The van der Waals surface area contributed by atoms with Crippen LogP contribution in [0.25, 0.3) is 0 Å². The number of rotatable bonds is 6. The molecule has 0 saturated heterocycles. The molecule has 128 valence electrons. The monoisotopic (exact) mass is 351 g/mol. The molecule has 25 heavy (non-hydrogen) atoms. The molecule has 0 atom stereocenters. The highest BCUT2D eigenvalue weighted by atomic mass is 32.1. The molecule has 0 N–H and O–H groups in total. The summed E-state index contributed by atoms with van der Waals surface area (Å²) in [5.74, 6) is 0.0305. The van der Waals surface area contributed by atoms with Crippen LogP contribution >= 0.6 is 11.3 Å². The lowest BCUT2D eigenvalue weighted by molar-refractivity contribution is 0.0789. The largest absolute Gasteiger partial charge is 0.337 e. The number of carbonyl (C=O) groups excluding carboxylic acids is 1. The Morgan fingerprint density at radius 2 is 1.84 bits per heavy atom. The molecule has 0 spiro atoms. The van der Waals surface area contributed by atoms with Crippen molar-refractivity contribution in [3.8, 4) is 0 Å². The second-order valence-electron chi connectivity index (χ2n) is 5.99. The third-order valence-electron chi connectivity index (χ3n) is 3.97. The van der Waals surface area contributed by atoms with E-state index in [-0.39, 0.29) is 5.91 Å². The summed E-state index contributed by atoms with van der Waals surface area (Å²) in [6, 6.07) is 15.9. The average molecular weight is 351 g/mol. The van der Waals surface area contributed by atoms with E-state index >= 15 is 0 Å². The Hall–Kier alpha value is -2.53. The van der Waals surface area contributed by atoms with Crippen LogP contribution in [0.4, 0.5) is 0 Å². The normalized spacial score (nSPS) is 10.6. The Labute approximate surface area is 152 Å². The molecule has 0 aliphatic carbocycles. The molecule has 4 nitrogen and oxygen atoms in total. The van der Waals surface area contributed by atoms with Crippen molar-refractivity contribution in [3.05, 3.63) is 81.6 Å². The van der Waals surface area contributed by atoms with Gasteiger partial charge in [0.1, 0.15) is 4.88 Å². The van der Waals surface area contributed by atoms with Gasteiger partial charge in [-0.1, -0.05) is 36.4 Å². The van der Waals surface area contributed by atoms with Crippen molar-refractivity contribution in [1.29, 1.82) is 0 Å². The Morgan fingerprint density at radius 1 is 1.08 bits per heavy atom. The molecule has 1 aromatic carbocycles. The number of aryl methyl sites for hydroxylation is 3. The van der Waals surface area contributed by atoms with E-state index in [9.17, 15) is 4.79 Å². The highest BCUT2D eigenvalue weighted by Gasteiger charge is 2.19. The van der Waals surface area contributed by atoms with Gasteiger partial charge in [0.15, 0.2) is 0 Å². The zero-order valence-electron chi connectivity index (χ0n) is 14.5. The summed E-state index contributed by atoms with van der Waals surface area (Å²) in [6.07, 6.45) is 3.44. The second-order valence-corrected chi connectivity index (χ2v) is 7.07. The van der Waals surface area contributed by atoms with E-state index in [1.165, 1.54) is 11.3 Å². The lowest BCUT2D eigenvalue weighted by Gasteiger charge is -2.16. The highest BCUT2D eigenvalue weighted by Crippen LogP contribution is 2.21. The number of benzene rings is 1. The molecule has 5 heteroatoms. The molecule has 2 heterocycles. The topological polar surface area (TPSA) is 46.1 Å². The van der Waals surface area contributed by atoms with Gasteiger partial charge in [-0.25, -0.2) is 4.98 Å². The molecule has 0 radical (unpaired) electrons. The molecule has 1 amide bonds. The molecule has 3 aromatic rings. The summed E-state index contributed by atoms with van der Waals surface area (Å²) >= 11 is 1.50. The van der Waals surface area contributed by atoms with Crippen molar-refractivity contribution in [3.63, 3.8) is 0 Å². The van der Waals surface area contributed by atoms with E-state index < -0.39 is 0 Å². The summed E-state index contributed by atoms with van der Waals surface area (Å²) in [6.45, 7) is 2.50. The minimum absolute atomic E-state index is 0.0305. The van der Waals surface area contributed by atoms with Crippen LogP contribution in [0.3, 0.4) is 0 Å². The van der Waals surface area contributed by atoms with Crippen LogP contribution in [0, 0.1) is 6.92 Å². The van der Waals surface area contributed by atoms with Gasteiger partial charge in [-0.05, 0) is 31.0 Å². The molecule has 0 fully saturated rings. The number of aromatic nitrogens is 2. The number of pyridine rings is 1. The van der Waals surface area contributed by atoms with Crippen molar-refractivity contribution in [1.82, 2.24) is 14.9 Å². The number of hydrogen-bond acceptors (Lipinski definition) is 4. The first-order chi connectivity index (χ1) is 12.1. The molecule has 0 aliphatic rings. The van der Waals surface area contributed by atoms with Crippen LogP contribution in [0.5, 0.6) is 0 Å². The molecule has 0 bridgehead atoms. The van der Waals surface area contributed by atoms with Crippen LogP contribution < -0.4 is 0 Å². The van der Waals surface area contributed by atoms with Crippen molar-refractivity contribution >= 4 is 17.2 Å². The van der Waals surface area contributed by atoms with E-state index in [0.29, 0.717) is 6.54 Å². The zero-order chi connectivity index (χ0) is 17.6. The molecule has 0 aliphatic heterocycles. The van der Waals surface area contributed by atoms with Gasteiger partial charge in [0.2, 0.25) is 0 Å². The fourth-order valence-corrected chi connectivity index (χ4v) is 3.70. The summed E-state index contributed by atoms with van der Waals surface area (Å²) in [4.78, 5) is 24.1. The maximum atomic E-state index is 12.7. The van der Waals surface area contributed by atoms with Crippen molar-refractivity contribution in [2.45, 2.75) is 26.3 Å². The first-order valence-electron chi connectivity index (χ1n) is 8.29. The number of thiazole rings is 1. The van der Waals surface area contributed by atoms with Crippen LogP contribution in [0.15, 0.2) is 54.7 Å². The molecule has 0 unspecified atom stereocenters. The molecule has 0 saturated carbocycles. The minimum Gasteiger partial charge on any atom is -0.337 e. The average Bonchev–Trinajstić information content (AvgIpc) is 3.01. The predicted octanol–water partition coefficient (Wildman–Crippen LogP) is 3.90. The maximum absolute atomic E-state index is 12.7. The Morgan fingerprint density at radius 3 is 2.56 bits per heavy atom. The molecule has 3 rings (SSSR count). The smallest absolute Gasteiger partial charge is 0.265 e. The Balaban J connectivity index is 1.65. The second kappa shape index (κ2) is 8.03. The fraction of sp³-hybridized carbons (Fsp3) is 0.250. The van der Waals surface area contributed by atoms with Crippen molar-refractivity contribution in [2.24, 2.45) is 0 Å². The number of amides is 1. The van der Waals surface area contributed by atoms with Crippen LogP contribution in [-0.4, -0.2) is 27.8 Å². The van der Waals surface area contributed by atoms with Gasteiger partial charge in [0.05, 0.1) is 10.7 Å². The lowest BCUT2D eigenvalue weighted by Crippen LogP contribution is -2.26. The standard InChI is InChI=1S/C20H21N3OS/c1-15-19(20(24)23(2)14-16-8-4-3-5-9-16)25-18(22-15)12-11-17-10-6-7-13-21-17/h3-10,13H,11-12,14H2,1-2H3. The van der Waals surface area contributed by atoms with E-state index in [0.717, 1.165) is 39.7 Å². The number of hydrogen-bond donors (Lipinski definition) is 0. The van der Waals surface area contributed by atoms with Crippen molar-refractivity contribution in [2.75, 3.05) is 7.05 Å². The summed E-state index contributed by atoms with van der Waals surface area (Å²) in [5.41, 5.74) is 2.98. The van der Waals surface area contributed by atoms with E-state index in [4.69, 9.17) is 0 Å². The van der Waals surface area contributed by atoms with Gasteiger partial charge in [-0.3, -0.25) is 9.78 Å². The van der Waals surface area contributed by atoms with Gasteiger partial charge >= 0.3 is 0 Å². The maximum Gasteiger partial charge on any atom is 0.265 e. The molecule has 2 aromatic heterocycles. The quantitative estimate of drug-likeness (QED) is 0.676. The van der Waals surface area contributed by atoms with E-state index in [1.54, 1.807) is 11.1 Å². The van der Waals surface area contributed by atoms with E-state index in [1.807, 2.05) is 62.5 Å². The highest BCUT2D eigenvalue weighted by molar-refractivity contribution is 7.13.